The number of nitrogens with one attached hydrogen (secondary N) is 1. The van der Waals surface area contributed by atoms with Crippen molar-refractivity contribution in [1.29, 1.82) is 0 Å². The summed E-state index contributed by atoms with van der Waals surface area (Å²) in [5.74, 6) is 1.55. The summed E-state index contributed by atoms with van der Waals surface area (Å²) in [5, 5.41) is 12.5. The molecule has 0 amide bonds. The molecule has 0 aromatic heterocycles. The Labute approximate surface area is 106 Å². The molecule has 4 nitrogen and oxygen atoms in total. The van der Waals surface area contributed by atoms with Gasteiger partial charge in [0.25, 0.3) is 0 Å². The maximum atomic E-state index is 9.39. The van der Waals surface area contributed by atoms with E-state index in [9.17, 15) is 5.11 Å². The number of alkyl halides is 1. The molecular formula is C12H18ClNO3. The lowest BCUT2D eigenvalue weighted by Crippen LogP contribution is -2.21. The van der Waals surface area contributed by atoms with Gasteiger partial charge in [-0.15, -0.1) is 11.6 Å². The molecule has 0 saturated carbocycles. The largest absolute Gasteiger partial charge is 0.493 e. The molecule has 0 aliphatic carbocycles. The van der Waals surface area contributed by atoms with Gasteiger partial charge >= 0.3 is 0 Å². The maximum absolute atomic E-state index is 9.39. The van der Waals surface area contributed by atoms with E-state index in [1.165, 1.54) is 0 Å². The summed E-state index contributed by atoms with van der Waals surface area (Å²) in [7, 11) is 3.19. The van der Waals surface area contributed by atoms with Gasteiger partial charge in [-0.3, -0.25) is 0 Å². The predicted molar refractivity (Wildman–Crippen MR) is 69.5 cm³/mol. The van der Waals surface area contributed by atoms with Gasteiger partial charge in [-0.1, -0.05) is 0 Å². The Morgan fingerprint density at radius 3 is 2.41 bits per heavy atom. The van der Waals surface area contributed by atoms with Crippen LogP contribution < -0.4 is 14.8 Å². The molecule has 1 aromatic rings. The van der Waals surface area contributed by atoms with Crippen molar-refractivity contribution in [2.24, 2.45) is 0 Å². The molecule has 0 heterocycles. The first-order valence-electron chi connectivity index (χ1n) is 5.32. The summed E-state index contributed by atoms with van der Waals surface area (Å²) in [4.78, 5) is 0. The Balaban J connectivity index is 2.85. The van der Waals surface area contributed by atoms with Gasteiger partial charge in [0.2, 0.25) is 0 Å². The first kappa shape index (κ1) is 13.9. The molecule has 1 atom stereocenters. The highest BCUT2D eigenvalue weighted by Gasteiger charge is 2.09. The van der Waals surface area contributed by atoms with Crippen LogP contribution in [0.4, 0.5) is 5.69 Å². The summed E-state index contributed by atoms with van der Waals surface area (Å²) in [6, 6.07) is 3.73. The average Bonchev–Trinajstić information content (AvgIpc) is 2.36. The van der Waals surface area contributed by atoms with Crippen molar-refractivity contribution in [3.05, 3.63) is 17.7 Å². The molecule has 0 bridgehead atoms. The lowest BCUT2D eigenvalue weighted by molar-refractivity contribution is 0.211. The quantitative estimate of drug-likeness (QED) is 0.768. The molecule has 0 aliphatic heterocycles. The van der Waals surface area contributed by atoms with Gasteiger partial charge in [-0.05, 0) is 18.6 Å². The first-order valence-corrected chi connectivity index (χ1v) is 5.86. The van der Waals surface area contributed by atoms with Crippen molar-refractivity contribution in [3.8, 4) is 11.5 Å². The highest BCUT2D eigenvalue weighted by molar-refractivity contribution is 6.18. The first-order chi connectivity index (χ1) is 8.12. The SMILES string of the molecule is COc1cc(C)c(NCC(O)CCl)cc1OC. The Hall–Kier alpha value is -1.13. The Kier molecular flexibility index (Phi) is 5.38. The van der Waals surface area contributed by atoms with E-state index in [0.29, 0.717) is 18.0 Å². The van der Waals surface area contributed by atoms with Crippen molar-refractivity contribution in [2.75, 3.05) is 32.0 Å². The number of hydrogen-bond acceptors (Lipinski definition) is 4. The number of halogens is 1. The molecule has 0 radical (unpaired) electrons. The van der Waals surface area contributed by atoms with Crippen LogP contribution in [0.1, 0.15) is 5.56 Å². The number of benzene rings is 1. The van der Waals surface area contributed by atoms with Crippen LogP contribution in [-0.2, 0) is 0 Å². The van der Waals surface area contributed by atoms with Gasteiger partial charge in [0, 0.05) is 18.3 Å². The minimum atomic E-state index is -0.566. The van der Waals surface area contributed by atoms with Crippen molar-refractivity contribution in [2.45, 2.75) is 13.0 Å². The van der Waals surface area contributed by atoms with Crippen molar-refractivity contribution in [1.82, 2.24) is 0 Å². The molecule has 1 aromatic carbocycles. The zero-order valence-electron chi connectivity index (χ0n) is 10.3. The average molecular weight is 260 g/mol. The van der Waals surface area contributed by atoms with E-state index < -0.39 is 6.10 Å². The topological polar surface area (TPSA) is 50.7 Å². The number of aliphatic hydroxyl groups excluding tert-OH is 1. The minimum Gasteiger partial charge on any atom is -0.493 e. The van der Waals surface area contributed by atoms with Crippen LogP contribution in [0.5, 0.6) is 11.5 Å². The van der Waals surface area contributed by atoms with Gasteiger partial charge in [0.1, 0.15) is 0 Å². The number of anilines is 1. The van der Waals surface area contributed by atoms with E-state index in [2.05, 4.69) is 5.32 Å². The van der Waals surface area contributed by atoms with E-state index in [1.54, 1.807) is 14.2 Å². The molecule has 96 valence electrons. The fourth-order valence-electron chi connectivity index (χ4n) is 1.45. The van der Waals surface area contributed by atoms with E-state index in [-0.39, 0.29) is 5.88 Å². The molecule has 0 aliphatic rings. The van der Waals surface area contributed by atoms with Crippen LogP contribution in [0, 0.1) is 6.92 Å². The lowest BCUT2D eigenvalue weighted by atomic mass is 10.1. The van der Waals surface area contributed by atoms with E-state index in [0.717, 1.165) is 11.3 Å². The van der Waals surface area contributed by atoms with Gasteiger partial charge in [-0.25, -0.2) is 0 Å². The third kappa shape index (κ3) is 3.68. The molecule has 0 fully saturated rings. The van der Waals surface area contributed by atoms with Crippen molar-refractivity contribution < 1.29 is 14.6 Å². The van der Waals surface area contributed by atoms with Crippen LogP contribution in [0.15, 0.2) is 12.1 Å². The number of rotatable bonds is 6. The summed E-state index contributed by atoms with van der Waals surface area (Å²) in [6.07, 6.45) is -0.566. The molecule has 1 rings (SSSR count). The molecule has 5 heteroatoms. The summed E-state index contributed by atoms with van der Waals surface area (Å²) < 4.78 is 10.4. The molecular weight excluding hydrogens is 242 g/mol. The fourth-order valence-corrected chi connectivity index (χ4v) is 1.56. The smallest absolute Gasteiger partial charge is 0.162 e. The zero-order valence-corrected chi connectivity index (χ0v) is 11.0. The minimum absolute atomic E-state index is 0.208. The second kappa shape index (κ2) is 6.57. The highest BCUT2D eigenvalue weighted by Crippen LogP contribution is 2.32. The predicted octanol–water partition coefficient (Wildman–Crippen LogP) is 2.02. The summed E-state index contributed by atoms with van der Waals surface area (Å²) in [6.45, 7) is 2.36. The van der Waals surface area contributed by atoms with Crippen LogP contribution in [0.25, 0.3) is 0 Å². The fraction of sp³-hybridized carbons (Fsp3) is 0.500. The van der Waals surface area contributed by atoms with E-state index in [1.807, 2.05) is 19.1 Å². The number of methoxy groups -OCH3 is 2. The summed E-state index contributed by atoms with van der Waals surface area (Å²) >= 11 is 5.53. The molecule has 2 N–H and O–H groups in total. The van der Waals surface area contributed by atoms with Crippen LogP contribution >= 0.6 is 11.6 Å². The number of hydrogen-bond donors (Lipinski definition) is 2. The molecule has 17 heavy (non-hydrogen) atoms. The monoisotopic (exact) mass is 259 g/mol. The van der Waals surface area contributed by atoms with Gasteiger partial charge in [0.15, 0.2) is 11.5 Å². The second-order valence-electron chi connectivity index (χ2n) is 3.71. The summed E-state index contributed by atoms with van der Waals surface area (Å²) in [5.41, 5.74) is 1.91. The van der Waals surface area contributed by atoms with Gasteiger partial charge in [0.05, 0.1) is 26.2 Å². The number of ether oxygens (including phenoxy) is 2. The van der Waals surface area contributed by atoms with E-state index >= 15 is 0 Å². The Morgan fingerprint density at radius 2 is 1.88 bits per heavy atom. The van der Waals surface area contributed by atoms with Gasteiger partial charge < -0.3 is 19.9 Å². The third-order valence-corrected chi connectivity index (χ3v) is 2.79. The molecule has 1 unspecified atom stereocenters. The Morgan fingerprint density at radius 1 is 1.29 bits per heavy atom. The lowest BCUT2D eigenvalue weighted by Gasteiger charge is -2.15. The second-order valence-corrected chi connectivity index (χ2v) is 4.02. The highest BCUT2D eigenvalue weighted by atomic mass is 35.5. The normalized spacial score (nSPS) is 12.1. The van der Waals surface area contributed by atoms with Crippen LogP contribution in [0.2, 0.25) is 0 Å². The van der Waals surface area contributed by atoms with Gasteiger partial charge in [-0.2, -0.15) is 0 Å². The molecule has 0 saturated heterocycles. The zero-order chi connectivity index (χ0) is 12.8. The maximum Gasteiger partial charge on any atom is 0.162 e. The standard InChI is InChI=1S/C12H18ClNO3/c1-8-4-11(16-2)12(17-3)5-10(8)14-7-9(15)6-13/h4-5,9,14-15H,6-7H2,1-3H3. The third-order valence-electron chi connectivity index (χ3n) is 2.44. The Bertz CT molecular complexity index is 371. The number of aliphatic hydroxyl groups is 1. The van der Waals surface area contributed by atoms with Crippen LogP contribution in [0.3, 0.4) is 0 Å². The van der Waals surface area contributed by atoms with E-state index in [4.69, 9.17) is 21.1 Å². The van der Waals surface area contributed by atoms with Crippen LogP contribution in [-0.4, -0.2) is 37.9 Å². The van der Waals surface area contributed by atoms with Crippen molar-refractivity contribution >= 4 is 17.3 Å². The molecule has 0 spiro atoms. The number of aryl methyl sites for hydroxylation is 1. The van der Waals surface area contributed by atoms with Crippen molar-refractivity contribution in [3.63, 3.8) is 0 Å².